The van der Waals surface area contributed by atoms with Crippen LogP contribution in [0.3, 0.4) is 0 Å². The molecule has 6 nitrogen and oxygen atoms in total. The normalized spacial score (nSPS) is 21.1. The molecule has 29 heavy (non-hydrogen) atoms. The topological polar surface area (TPSA) is 74.2 Å². The maximum Gasteiger partial charge on any atom is 0.203 e. The van der Waals surface area contributed by atoms with Gasteiger partial charge in [0.2, 0.25) is 5.75 Å². The number of carbonyl (C=O) groups excluding carboxylic acids is 1. The molecule has 0 spiro atoms. The molecule has 0 amide bonds. The van der Waals surface area contributed by atoms with Gasteiger partial charge in [0.1, 0.15) is 0 Å². The highest BCUT2D eigenvalue weighted by atomic mass is 16.5. The molecular weight excluding hydrogens is 372 g/mol. The number of ketones is 1. The number of hydrogen-bond acceptors (Lipinski definition) is 6. The Hall–Kier alpha value is -2.57. The van der Waals surface area contributed by atoms with Gasteiger partial charge in [0.25, 0.3) is 0 Å². The highest BCUT2D eigenvalue weighted by molar-refractivity contribution is 5.94. The number of ether oxygens (including phenoxy) is 4. The number of methoxy groups -OCH3 is 3. The van der Waals surface area contributed by atoms with Crippen LogP contribution in [0.15, 0.2) is 36.4 Å². The molecule has 1 saturated heterocycles. The lowest BCUT2D eigenvalue weighted by Crippen LogP contribution is -2.21. The summed E-state index contributed by atoms with van der Waals surface area (Å²) in [5.74, 6) is 1.80. The number of carbonyl (C=O) groups is 1. The number of hydrogen-bond donors (Lipinski definition) is 1. The van der Waals surface area contributed by atoms with Gasteiger partial charge in [-0.3, -0.25) is 4.79 Å². The van der Waals surface area contributed by atoms with Crippen molar-refractivity contribution in [2.75, 3.05) is 34.5 Å². The van der Waals surface area contributed by atoms with Crippen molar-refractivity contribution in [1.82, 2.24) is 0 Å². The summed E-state index contributed by atoms with van der Waals surface area (Å²) in [6.45, 7) is 2.11. The van der Waals surface area contributed by atoms with E-state index < -0.39 is 0 Å². The highest BCUT2D eigenvalue weighted by Crippen LogP contribution is 2.45. The third kappa shape index (κ3) is 4.38. The van der Waals surface area contributed by atoms with E-state index in [4.69, 9.17) is 18.9 Å². The first-order valence-electron chi connectivity index (χ1n) is 9.64. The van der Waals surface area contributed by atoms with E-state index in [-0.39, 0.29) is 30.3 Å². The average molecular weight is 400 g/mol. The van der Waals surface area contributed by atoms with Crippen molar-refractivity contribution in [3.63, 3.8) is 0 Å². The van der Waals surface area contributed by atoms with Crippen LogP contribution in [0.5, 0.6) is 17.2 Å². The van der Waals surface area contributed by atoms with Gasteiger partial charge in [-0.2, -0.15) is 0 Å². The maximum atomic E-state index is 11.5. The van der Waals surface area contributed by atoms with E-state index in [1.54, 1.807) is 28.3 Å². The maximum absolute atomic E-state index is 11.5. The largest absolute Gasteiger partial charge is 0.493 e. The molecule has 1 heterocycles. The molecule has 156 valence electrons. The molecule has 1 fully saturated rings. The van der Waals surface area contributed by atoms with Crippen molar-refractivity contribution in [3.8, 4) is 17.2 Å². The summed E-state index contributed by atoms with van der Waals surface area (Å²) in [6, 6.07) is 11.4. The summed E-state index contributed by atoms with van der Waals surface area (Å²) in [5, 5.41) is 10.1. The number of aliphatic hydroxyl groups is 1. The molecule has 6 heteroatoms. The molecule has 2 aromatic carbocycles. The van der Waals surface area contributed by atoms with Crippen molar-refractivity contribution in [3.05, 3.63) is 53.1 Å². The van der Waals surface area contributed by atoms with Gasteiger partial charge < -0.3 is 24.1 Å². The number of aliphatic hydroxyl groups excluding tert-OH is 1. The first-order chi connectivity index (χ1) is 14.0. The van der Waals surface area contributed by atoms with Crippen LogP contribution < -0.4 is 14.2 Å². The zero-order valence-electron chi connectivity index (χ0n) is 17.3. The van der Waals surface area contributed by atoms with Crippen molar-refractivity contribution >= 4 is 5.78 Å². The van der Waals surface area contributed by atoms with E-state index in [1.807, 2.05) is 36.4 Å². The second kappa shape index (κ2) is 9.29. The summed E-state index contributed by atoms with van der Waals surface area (Å²) in [7, 11) is 4.72. The first-order valence-corrected chi connectivity index (χ1v) is 9.64. The fourth-order valence-corrected chi connectivity index (χ4v) is 3.96. The van der Waals surface area contributed by atoms with Gasteiger partial charge in [-0.25, -0.2) is 0 Å². The summed E-state index contributed by atoms with van der Waals surface area (Å²) < 4.78 is 22.4. The van der Waals surface area contributed by atoms with Crippen LogP contribution in [-0.2, 0) is 11.2 Å². The minimum absolute atomic E-state index is 0.0114. The van der Waals surface area contributed by atoms with Gasteiger partial charge in [0.05, 0.1) is 34.0 Å². The van der Waals surface area contributed by atoms with Gasteiger partial charge in [0, 0.05) is 18.1 Å². The van der Waals surface area contributed by atoms with Crippen LogP contribution in [0.4, 0.5) is 0 Å². The minimum Gasteiger partial charge on any atom is -0.493 e. The Morgan fingerprint density at radius 2 is 1.69 bits per heavy atom. The molecular formula is C23H28O6. The van der Waals surface area contributed by atoms with Crippen LogP contribution in [0, 0.1) is 11.8 Å². The van der Waals surface area contributed by atoms with Gasteiger partial charge in [-0.05, 0) is 42.5 Å². The van der Waals surface area contributed by atoms with Crippen molar-refractivity contribution < 1.29 is 28.8 Å². The monoisotopic (exact) mass is 400 g/mol. The van der Waals surface area contributed by atoms with Crippen molar-refractivity contribution in [2.45, 2.75) is 19.4 Å². The van der Waals surface area contributed by atoms with Crippen LogP contribution >= 0.6 is 0 Å². The van der Waals surface area contributed by atoms with E-state index in [9.17, 15) is 9.90 Å². The standard InChI is InChI=1S/C23H28O6/c1-14(25)16-7-5-15(6-8-16)9-18-13-29-22(19(18)12-24)17-10-20(26-2)23(28-4)21(11-17)27-3/h5-8,10-11,18-19,22,24H,9,12-13H2,1-4H3/t18-,19-,22+/m0/s1. The Labute approximate surface area is 171 Å². The average Bonchev–Trinajstić information content (AvgIpc) is 3.15. The molecule has 0 unspecified atom stereocenters. The van der Waals surface area contributed by atoms with Crippen molar-refractivity contribution in [1.29, 1.82) is 0 Å². The van der Waals surface area contributed by atoms with E-state index in [1.165, 1.54) is 0 Å². The van der Waals surface area contributed by atoms with E-state index >= 15 is 0 Å². The van der Waals surface area contributed by atoms with Gasteiger partial charge in [0.15, 0.2) is 17.3 Å². The Balaban J connectivity index is 1.82. The summed E-state index contributed by atoms with van der Waals surface area (Å²) in [6.07, 6.45) is 0.500. The molecule has 3 rings (SSSR count). The second-order valence-electron chi connectivity index (χ2n) is 7.28. The van der Waals surface area contributed by atoms with Gasteiger partial charge >= 0.3 is 0 Å². The number of rotatable bonds is 8. The lowest BCUT2D eigenvalue weighted by molar-refractivity contribution is 0.0715. The molecule has 1 aliphatic rings. The van der Waals surface area contributed by atoms with Crippen LogP contribution in [-0.4, -0.2) is 45.4 Å². The molecule has 0 aliphatic carbocycles. The fraction of sp³-hybridized carbons (Fsp3) is 0.435. The predicted molar refractivity (Wildman–Crippen MR) is 109 cm³/mol. The molecule has 1 aliphatic heterocycles. The third-order valence-corrected chi connectivity index (χ3v) is 5.57. The fourth-order valence-electron chi connectivity index (χ4n) is 3.96. The van der Waals surface area contributed by atoms with E-state index in [0.717, 1.165) is 17.5 Å². The molecule has 1 N–H and O–H groups in total. The quantitative estimate of drug-likeness (QED) is 0.684. The highest BCUT2D eigenvalue weighted by Gasteiger charge is 2.38. The molecule has 0 saturated carbocycles. The Morgan fingerprint density at radius 3 is 2.17 bits per heavy atom. The lowest BCUT2D eigenvalue weighted by atomic mass is 9.84. The first kappa shape index (κ1) is 21.1. The van der Waals surface area contributed by atoms with Gasteiger partial charge in [-0.1, -0.05) is 24.3 Å². The van der Waals surface area contributed by atoms with Crippen LogP contribution in [0.1, 0.15) is 34.5 Å². The summed E-state index contributed by atoms with van der Waals surface area (Å²) >= 11 is 0. The minimum atomic E-state index is -0.268. The van der Waals surface area contributed by atoms with E-state index in [2.05, 4.69) is 0 Å². The second-order valence-corrected chi connectivity index (χ2v) is 7.28. The Kier molecular flexibility index (Phi) is 6.77. The molecule has 0 bridgehead atoms. The Bertz CT molecular complexity index is 820. The SMILES string of the molecule is COc1cc([C@H]2OC[C@H](Cc3ccc(C(C)=O)cc3)[C@@H]2CO)cc(OC)c1OC. The smallest absolute Gasteiger partial charge is 0.203 e. The van der Waals surface area contributed by atoms with Gasteiger partial charge in [-0.15, -0.1) is 0 Å². The zero-order chi connectivity index (χ0) is 21.0. The lowest BCUT2D eigenvalue weighted by Gasteiger charge is -2.23. The molecule has 0 radical (unpaired) electrons. The molecule has 3 atom stereocenters. The zero-order valence-corrected chi connectivity index (χ0v) is 17.3. The van der Waals surface area contributed by atoms with E-state index in [0.29, 0.717) is 29.4 Å². The predicted octanol–water partition coefficient (Wildman–Crippen LogP) is 3.45. The summed E-state index contributed by atoms with van der Waals surface area (Å²) in [4.78, 5) is 11.5. The van der Waals surface area contributed by atoms with Crippen LogP contribution in [0.2, 0.25) is 0 Å². The number of benzene rings is 2. The molecule has 2 aromatic rings. The van der Waals surface area contributed by atoms with Crippen molar-refractivity contribution in [2.24, 2.45) is 11.8 Å². The number of Topliss-reactive ketones (excluding diaryl/α,β-unsaturated/α-hetero) is 1. The third-order valence-electron chi connectivity index (χ3n) is 5.57. The Morgan fingerprint density at radius 1 is 1.07 bits per heavy atom. The molecule has 0 aromatic heterocycles. The van der Waals surface area contributed by atoms with Crippen LogP contribution in [0.25, 0.3) is 0 Å². The summed E-state index contributed by atoms with van der Waals surface area (Å²) in [5.41, 5.74) is 2.70.